The maximum absolute atomic E-state index is 14.8. The van der Waals surface area contributed by atoms with Crippen LogP contribution in [-0.2, 0) is 11.4 Å². The van der Waals surface area contributed by atoms with Gasteiger partial charge < -0.3 is 20.8 Å². The Hall–Kier alpha value is -2.21. The van der Waals surface area contributed by atoms with E-state index in [2.05, 4.69) is 28.4 Å². The summed E-state index contributed by atoms with van der Waals surface area (Å²) in [6, 6.07) is 3.04. The summed E-state index contributed by atoms with van der Waals surface area (Å²) in [4.78, 5) is 7.62. The van der Waals surface area contributed by atoms with Crippen LogP contribution in [0, 0.1) is 5.82 Å². The van der Waals surface area contributed by atoms with Gasteiger partial charge in [-0.2, -0.15) is 0 Å². The van der Waals surface area contributed by atoms with Crippen molar-refractivity contribution in [3.05, 3.63) is 58.1 Å². The molecule has 1 aliphatic carbocycles. The minimum absolute atomic E-state index is 0.0940. The fourth-order valence-corrected chi connectivity index (χ4v) is 3.89. The van der Waals surface area contributed by atoms with Gasteiger partial charge in [0.05, 0.1) is 0 Å². The quantitative estimate of drug-likeness (QED) is 0.318. The third kappa shape index (κ3) is 7.46. The van der Waals surface area contributed by atoms with Gasteiger partial charge in [-0.25, -0.2) is 4.39 Å². The van der Waals surface area contributed by atoms with Crippen molar-refractivity contribution in [2.75, 3.05) is 13.1 Å². The second-order valence-electron chi connectivity index (χ2n) is 7.50. The number of nitrogens with two attached hydrogens (primary N) is 1. The zero-order valence-corrected chi connectivity index (χ0v) is 19.7. The van der Waals surface area contributed by atoms with E-state index in [9.17, 15) is 4.39 Å². The molecule has 3 N–H and O–H groups in total. The Bertz CT molecular complexity index is 765. The van der Waals surface area contributed by atoms with Crippen LogP contribution in [0.3, 0.4) is 0 Å². The van der Waals surface area contributed by atoms with E-state index in [1.165, 1.54) is 12.5 Å². The molecule has 7 heteroatoms. The summed E-state index contributed by atoms with van der Waals surface area (Å²) in [5.41, 5.74) is 6.90. The molecule has 0 bridgehead atoms. The van der Waals surface area contributed by atoms with Crippen molar-refractivity contribution >= 4 is 17.4 Å². The molecular formula is C24H36ClFN4O. The highest BCUT2D eigenvalue weighted by Crippen LogP contribution is 2.26. The van der Waals surface area contributed by atoms with Gasteiger partial charge in [-0.15, -0.1) is 0 Å². The number of nitrogens with zero attached hydrogens (tertiary/aromatic N) is 2. The molecule has 0 radical (unpaired) electrons. The Balaban J connectivity index is 0.00000166. The van der Waals surface area contributed by atoms with Crippen LogP contribution in [-0.4, -0.2) is 29.9 Å². The Labute approximate surface area is 191 Å². The minimum Gasteiger partial charge on any atom is -0.391 e. The first-order valence-electron chi connectivity index (χ1n) is 11.4. The molecular weight excluding hydrogens is 415 g/mol. The molecule has 0 atom stereocenters. The van der Waals surface area contributed by atoms with Crippen LogP contribution < -0.4 is 11.1 Å². The van der Waals surface area contributed by atoms with Crippen LogP contribution in [0.5, 0.6) is 0 Å². The fraction of sp³-hybridized carbons (Fsp3) is 0.542. The van der Waals surface area contributed by atoms with Gasteiger partial charge in [0.25, 0.3) is 0 Å². The van der Waals surface area contributed by atoms with Crippen LogP contribution >= 0.6 is 11.6 Å². The Morgan fingerprint density at radius 1 is 1.32 bits per heavy atom. The summed E-state index contributed by atoms with van der Waals surface area (Å²) in [5, 5.41) is 7.67. The van der Waals surface area contributed by atoms with Gasteiger partial charge in [-0.3, -0.25) is 0 Å². The first-order valence-corrected chi connectivity index (χ1v) is 11.8. The second kappa shape index (κ2) is 13.3. The summed E-state index contributed by atoms with van der Waals surface area (Å²) in [6.45, 7) is 8.09. The monoisotopic (exact) mass is 450 g/mol. The third-order valence-corrected chi connectivity index (χ3v) is 5.63. The number of halogens is 2. The normalized spacial score (nSPS) is 18.8. The zero-order valence-electron chi connectivity index (χ0n) is 19.0. The molecule has 1 saturated heterocycles. The second-order valence-corrected chi connectivity index (χ2v) is 7.90. The van der Waals surface area contributed by atoms with Gasteiger partial charge in [0.2, 0.25) is 0 Å². The number of oxime groups is 1. The van der Waals surface area contributed by atoms with E-state index in [-0.39, 0.29) is 11.9 Å². The summed E-state index contributed by atoms with van der Waals surface area (Å²) in [7, 11) is 0. The van der Waals surface area contributed by atoms with Gasteiger partial charge >= 0.3 is 0 Å². The lowest BCUT2D eigenvalue weighted by molar-refractivity contribution is 0.0328. The molecule has 3 rings (SSSR count). The molecule has 1 aromatic carbocycles. The predicted molar refractivity (Wildman–Crippen MR) is 127 cm³/mol. The highest BCUT2D eigenvalue weighted by Gasteiger charge is 2.20. The first-order chi connectivity index (χ1) is 15.1. The average molecular weight is 451 g/mol. The maximum atomic E-state index is 14.8. The van der Waals surface area contributed by atoms with E-state index in [4.69, 9.17) is 22.2 Å². The minimum atomic E-state index is -0.390. The topological polar surface area (TPSA) is 62.9 Å². The third-order valence-electron chi connectivity index (χ3n) is 5.29. The number of hydrogen-bond donors (Lipinski definition) is 2. The summed E-state index contributed by atoms with van der Waals surface area (Å²) < 4.78 is 14.8. The first kappa shape index (κ1) is 25.1. The van der Waals surface area contributed by atoms with Crippen LogP contribution in [0.25, 0.3) is 0 Å². The average Bonchev–Trinajstić information content (AvgIpc) is 3.23. The highest BCUT2D eigenvalue weighted by atomic mass is 35.5. The summed E-state index contributed by atoms with van der Waals surface area (Å²) in [6.07, 6.45) is 12.6. The van der Waals surface area contributed by atoms with Crippen molar-refractivity contribution in [3.8, 4) is 0 Å². The van der Waals surface area contributed by atoms with Gasteiger partial charge in [0, 0.05) is 35.8 Å². The van der Waals surface area contributed by atoms with E-state index in [1.54, 1.807) is 6.07 Å². The van der Waals surface area contributed by atoms with Crippen molar-refractivity contribution in [1.29, 1.82) is 0 Å². The number of rotatable bonds is 7. The lowest BCUT2D eigenvalue weighted by Crippen LogP contribution is -2.22. The molecule has 1 heterocycles. The van der Waals surface area contributed by atoms with Crippen LogP contribution in [0.15, 0.2) is 41.3 Å². The molecule has 0 aromatic heterocycles. The van der Waals surface area contributed by atoms with Gasteiger partial charge in [-0.05, 0) is 50.3 Å². The van der Waals surface area contributed by atoms with Crippen LogP contribution in [0.2, 0.25) is 5.02 Å². The number of nitrogens with one attached hydrogen (secondary N) is 1. The van der Waals surface area contributed by atoms with Gasteiger partial charge in [-0.1, -0.05) is 56.1 Å². The molecule has 31 heavy (non-hydrogen) atoms. The SMILES string of the molecule is CC.CC/C=C/C=C1\NCCN1Cc1c(F)cc(/C(N)=N\OC2CCCCC2)cc1Cl. The van der Waals surface area contributed by atoms with E-state index < -0.39 is 5.82 Å². The molecule has 2 aliphatic rings. The standard InChI is InChI=1S/C22H30ClFN4O.C2H6/c1-2-3-5-10-21-26-11-12-28(21)15-18-19(23)13-16(14-20(18)24)22(25)27-29-17-8-6-4-7-9-17;1-2/h3,5,10,13-14,17,26H,2,4,6-9,11-12,15H2,1H3,(H2,25,27);1-2H3/b5-3+,21-10+;. The van der Waals surface area contributed by atoms with Crippen molar-refractivity contribution in [1.82, 2.24) is 10.2 Å². The number of allylic oxidation sites excluding steroid dienone is 3. The van der Waals surface area contributed by atoms with Crippen molar-refractivity contribution in [3.63, 3.8) is 0 Å². The lowest BCUT2D eigenvalue weighted by Gasteiger charge is -2.21. The van der Waals surface area contributed by atoms with Gasteiger partial charge in [0.1, 0.15) is 17.7 Å². The molecule has 172 valence electrons. The Kier molecular flexibility index (Phi) is 10.7. The number of hydrogen-bond acceptors (Lipinski definition) is 4. The Morgan fingerprint density at radius 2 is 2.06 bits per heavy atom. The van der Waals surface area contributed by atoms with Gasteiger partial charge in [0.15, 0.2) is 5.84 Å². The molecule has 0 amide bonds. The molecule has 2 fully saturated rings. The number of benzene rings is 1. The fourth-order valence-electron chi connectivity index (χ4n) is 3.62. The number of amidine groups is 1. The van der Waals surface area contributed by atoms with Crippen LogP contribution in [0.4, 0.5) is 4.39 Å². The van der Waals surface area contributed by atoms with E-state index in [0.717, 1.165) is 51.0 Å². The molecule has 1 aromatic rings. The molecule has 0 spiro atoms. The largest absolute Gasteiger partial charge is 0.391 e. The van der Waals surface area contributed by atoms with Crippen molar-refractivity contribution in [2.24, 2.45) is 10.9 Å². The highest BCUT2D eigenvalue weighted by molar-refractivity contribution is 6.31. The van der Waals surface area contributed by atoms with E-state index in [1.807, 2.05) is 26.0 Å². The van der Waals surface area contributed by atoms with Crippen molar-refractivity contribution < 1.29 is 9.23 Å². The Morgan fingerprint density at radius 3 is 2.74 bits per heavy atom. The van der Waals surface area contributed by atoms with E-state index >= 15 is 0 Å². The summed E-state index contributed by atoms with van der Waals surface area (Å²) in [5.74, 6) is 0.728. The predicted octanol–water partition coefficient (Wildman–Crippen LogP) is 5.69. The van der Waals surface area contributed by atoms with Crippen LogP contribution in [0.1, 0.15) is 70.4 Å². The van der Waals surface area contributed by atoms with E-state index in [0.29, 0.717) is 22.7 Å². The maximum Gasteiger partial charge on any atom is 0.170 e. The van der Waals surface area contributed by atoms with Crippen molar-refractivity contribution in [2.45, 2.75) is 71.9 Å². The molecule has 1 aliphatic heterocycles. The smallest absolute Gasteiger partial charge is 0.170 e. The molecule has 1 saturated carbocycles. The lowest BCUT2D eigenvalue weighted by atomic mass is 9.98. The summed E-state index contributed by atoms with van der Waals surface area (Å²) >= 11 is 6.41. The molecule has 5 nitrogen and oxygen atoms in total. The molecule has 0 unspecified atom stereocenters. The zero-order chi connectivity index (χ0) is 22.6.